The Labute approximate surface area is 111 Å². The van der Waals surface area contributed by atoms with E-state index in [1.54, 1.807) is 0 Å². The van der Waals surface area contributed by atoms with Crippen molar-refractivity contribution in [1.29, 1.82) is 0 Å². The van der Waals surface area contributed by atoms with Gasteiger partial charge in [-0.2, -0.15) is 0 Å². The summed E-state index contributed by atoms with van der Waals surface area (Å²) >= 11 is 0. The summed E-state index contributed by atoms with van der Waals surface area (Å²) in [5, 5.41) is 3.90. The maximum absolute atomic E-state index is 6.10. The molecule has 1 spiro atoms. The molecule has 3 atom stereocenters. The molecular formula is C15H27NO2. The molecule has 0 aromatic rings. The lowest BCUT2D eigenvalue weighted by Crippen LogP contribution is -2.51. The van der Waals surface area contributed by atoms with Crippen molar-refractivity contribution in [2.75, 3.05) is 19.8 Å². The molecule has 1 N–H and O–H groups in total. The highest BCUT2D eigenvalue weighted by Gasteiger charge is 2.39. The van der Waals surface area contributed by atoms with Crippen LogP contribution >= 0.6 is 0 Å². The molecule has 3 fully saturated rings. The summed E-state index contributed by atoms with van der Waals surface area (Å²) < 4.78 is 11.6. The number of hydrogen-bond donors (Lipinski definition) is 1. The Morgan fingerprint density at radius 3 is 2.56 bits per heavy atom. The van der Waals surface area contributed by atoms with Crippen LogP contribution in [-0.2, 0) is 9.47 Å². The van der Waals surface area contributed by atoms with Crippen LogP contribution in [0.25, 0.3) is 0 Å². The minimum absolute atomic E-state index is 0.137. The van der Waals surface area contributed by atoms with E-state index >= 15 is 0 Å². The number of rotatable bonds is 2. The minimum atomic E-state index is 0.137. The topological polar surface area (TPSA) is 30.5 Å². The first-order valence-electron chi connectivity index (χ1n) is 7.74. The summed E-state index contributed by atoms with van der Waals surface area (Å²) in [6.45, 7) is 5.08. The fraction of sp³-hybridized carbons (Fsp3) is 1.00. The molecule has 3 aliphatic rings. The first kappa shape index (κ1) is 12.9. The Bertz CT molecular complexity index is 270. The second kappa shape index (κ2) is 5.48. The second-order valence-electron chi connectivity index (χ2n) is 6.62. The fourth-order valence-corrected chi connectivity index (χ4v) is 3.95. The van der Waals surface area contributed by atoms with Gasteiger partial charge in [-0.25, -0.2) is 0 Å². The van der Waals surface area contributed by atoms with E-state index in [0.29, 0.717) is 6.04 Å². The van der Waals surface area contributed by atoms with Gasteiger partial charge in [-0.05, 0) is 50.9 Å². The Morgan fingerprint density at radius 1 is 1.00 bits per heavy atom. The van der Waals surface area contributed by atoms with Gasteiger partial charge in [0.25, 0.3) is 0 Å². The molecule has 3 unspecified atom stereocenters. The lowest BCUT2D eigenvalue weighted by Gasteiger charge is -2.44. The van der Waals surface area contributed by atoms with Crippen molar-refractivity contribution in [3.63, 3.8) is 0 Å². The summed E-state index contributed by atoms with van der Waals surface area (Å²) in [7, 11) is 0. The van der Waals surface area contributed by atoms with Crippen LogP contribution in [0, 0.1) is 5.92 Å². The van der Waals surface area contributed by atoms with Gasteiger partial charge in [0.05, 0.1) is 5.60 Å². The Balaban J connectivity index is 1.53. The molecule has 0 radical (unpaired) electrons. The standard InChI is InChI=1S/C15H27NO2/c1-12-2-3-13(10-12)16-14-4-7-18-15(11-14)5-8-17-9-6-15/h12-14,16H,2-11H2,1H3. The molecule has 104 valence electrons. The third kappa shape index (κ3) is 2.89. The molecule has 0 aromatic carbocycles. The third-order valence-electron chi connectivity index (χ3n) is 5.06. The van der Waals surface area contributed by atoms with Crippen molar-refractivity contribution < 1.29 is 9.47 Å². The highest BCUT2D eigenvalue weighted by atomic mass is 16.5. The largest absolute Gasteiger partial charge is 0.381 e. The Morgan fingerprint density at radius 2 is 1.83 bits per heavy atom. The summed E-state index contributed by atoms with van der Waals surface area (Å²) in [6, 6.07) is 1.44. The predicted molar refractivity (Wildman–Crippen MR) is 71.7 cm³/mol. The first-order valence-corrected chi connectivity index (χ1v) is 7.74. The molecule has 3 rings (SSSR count). The highest BCUT2D eigenvalue weighted by molar-refractivity contribution is 4.93. The third-order valence-corrected chi connectivity index (χ3v) is 5.06. The number of nitrogens with one attached hydrogen (secondary N) is 1. The zero-order chi connectivity index (χ0) is 12.4. The first-order chi connectivity index (χ1) is 8.76. The number of ether oxygens (including phenoxy) is 2. The minimum Gasteiger partial charge on any atom is -0.381 e. The van der Waals surface area contributed by atoms with Crippen LogP contribution in [0.2, 0.25) is 0 Å². The van der Waals surface area contributed by atoms with Gasteiger partial charge in [0.1, 0.15) is 0 Å². The molecule has 3 heteroatoms. The average Bonchev–Trinajstić information content (AvgIpc) is 2.76. The summed E-state index contributed by atoms with van der Waals surface area (Å²) in [6.07, 6.45) is 8.70. The molecule has 0 bridgehead atoms. The summed E-state index contributed by atoms with van der Waals surface area (Å²) in [4.78, 5) is 0. The van der Waals surface area contributed by atoms with Gasteiger partial charge in [0.15, 0.2) is 0 Å². The molecule has 0 aromatic heterocycles. The molecule has 18 heavy (non-hydrogen) atoms. The molecule has 2 aliphatic heterocycles. The highest BCUT2D eigenvalue weighted by Crippen LogP contribution is 2.35. The Hall–Kier alpha value is -0.120. The van der Waals surface area contributed by atoms with Crippen LogP contribution in [0.5, 0.6) is 0 Å². The van der Waals surface area contributed by atoms with Crippen molar-refractivity contribution in [3.8, 4) is 0 Å². The van der Waals surface area contributed by atoms with Crippen molar-refractivity contribution in [2.45, 2.75) is 69.6 Å². The molecule has 2 saturated heterocycles. The smallest absolute Gasteiger partial charge is 0.0741 e. The van der Waals surface area contributed by atoms with E-state index in [1.807, 2.05) is 0 Å². The Kier molecular flexibility index (Phi) is 3.92. The van der Waals surface area contributed by atoms with E-state index in [9.17, 15) is 0 Å². The van der Waals surface area contributed by atoms with E-state index in [-0.39, 0.29) is 5.60 Å². The molecule has 3 nitrogen and oxygen atoms in total. The SMILES string of the molecule is CC1CCC(NC2CCOC3(CCOCC3)C2)C1. The van der Waals surface area contributed by atoms with E-state index in [2.05, 4.69) is 12.2 Å². The van der Waals surface area contributed by atoms with Gasteiger partial charge in [-0.1, -0.05) is 6.92 Å². The summed E-state index contributed by atoms with van der Waals surface area (Å²) in [5.41, 5.74) is 0.137. The van der Waals surface area contributed by atoms with Crippen LogP contribution < -0.4 is 5.32 Å². The molecular weight excluding hydrogens is 226 g/mol. The lowest BCUT2D eigenvalue weighted by atomic mass is 9.84. The lowest BCUT2D eigenvalue weighted by molar-refractivity contribution is -0.140. The number of hydrogen-bond acceptors (Lipinski definition) is 3. The van der Waals surface area contributed by atoms with Crippen molar-refractivity contribution >= 4 is 0 Å². The maximum Gasteiger partial charge on any atom is 0.0741 e. The van der Waals surface area contributed by atoms with Crippen LogP contribution in [0.4, 0.5) is 0 Å². The van der Waals surface area contributed by atoms with Crippen LogP contribution in [0.3, 0.4) is 0 Å². The quantitative estimate of drug-likeness (QED) is 0.820. The zero-order valence-electron chi connectivity index (χ0n) is 11.6. The van der Waals surface area contributed by atoms with Gasteiger partial charge in [0, 0.05) is 31.9 Å². The van der Waals surface area contributed by atoms with E-state index in [1.165, 1.54) is 32.1 Å². The monoisotopic (exact) mass is 253 g/mol. The second-order valence-corrected chi connectivity index (χ2v) is 6.62. The molecule has 1 aliphatic carbocycles. The van der Waals surface area contributed by atoms with Gasteiger partial charge in [-0.3, -0.25) is 0 Å². The molecule has 2 heterocycles. The van der Waals surface area contributed by atoms with E-state index < -0.39 is 0 Å². The van der Waals surface area contributed by atoms with Gasteiger partial charge < -0.3 is 14.8 Å². The summed E-state index contributed by atoms with van der Waals surface area (Å²) in [5.74, 6) is 0.916. The van der Waals surface area contributed by atoms with Crippen molar-refractivity contribution in [1.82, 2.24) is 5.32 Å². The van der Waals surface area contributed by atoms with Crippen LogP contribution in [0.15, 0.2) is 0 Å². The normalized spacial score (nSPS) is 40.2. The van der Waals surface area contributed by atoms with Crippen molar-refractivity contribution in [3.05, 3.63) is 0 Å². The average molecular weight is 253 g/mol. The predicted octanol–water partition coefficient (Wildman–Crippen LogP) is 2.49. The van der Waals surface area contributed by atoms with Crippen LogP contribution in [0.1, 0.15) is 51.9 Å². The van der Waals surface area contributed by atoms with E-state index in [4.69, 9.17) is 9.47 Å². The van der Waals surface area contributed by atoms with Gasteiger partial charge in [0.2, 0.25) is 0 Å². The maximum atomic E-state index is 6.10. The van der Waals surface area contributed by atoms with Gasteiger partial charge >= 0.3 is 0 Å². The zero-order valence-corrected chi connectivity index (χ0v) is 11.6. The fourth-order valence-electron chi connectivity index (χ4n) is 3.95. The molecule has 0 amide bonds. The van der Waals surface area contributed by atoms with Crippen molar-refractivity contribution in [2.24, 2.45) is 5.92 Å². The van der Waals surface area contributed by atoms with E-state index in [0.717, 1.165) is 44.6 Å². The molecule has 1 saturated carbocycles. The van der Waals surface area contributed by atoms with Gasteiger partial charge in [-0.15, -0.1) is 0 Å². The van der Waals surface area contributed by atoms with Crippen LogP contribution in [-0.4, -0.2) is 37.5 Å².